The zero-order chi connectivity index (χ0) is 17.6. The molecule has 0 aliphatic carbocycles. The van der Waals surface area contributed by atoms with Gasteiger partial charge >= 0.3 is 0 Å². The lowest BCUT2D eigenvalue weighted by Crippen LogP contribution is -2.45. The molecule has 0 spiro atoms. The number of likely N-dealkylation sites (tertiary alicyclic amines) is 1. The number of rotatable bonds is 6. The number of piperidine rings is 1. The monoisotopic (exact) mass is 332 g/mol. The molecule has 1 aliphatic heterocycles. The van der Waals surface area contributed by atoms with Gasteiger partial charge in [-0.3, -0.25) is 9.69 Å². The molecule has 0 bridgehead atoms. The van der Waals surface area contributed by atoms with Gasteiger partial charge in [0.15, 0.2) is 0 Å². The zero-order valence-corrected chi connectivity index (χ0v) is 15.5. The molecule has 24 heavy (non-hydrogen) atoms. The predicted molar refractivity (Wildman–Crippen MR) is 97.7 cm³/mol. The first-order valence-corrected chi connectivity index (χ1v) is 8.97. The van der Waals surface area contributed by atoms with E-state index in [1.807, 2.05) is 6.07 Å². The van der Waals surface area contributed by atoms with E-state index in [-0.39, 0.29) is 23.3 Å². The van der Waals surface area contributed by atoms with Crippen molar-refractivity contribution in [2.24, 2.45) is 11.3 Å². The summed E-state index contributed by atoms with van der Waals surface area (Å²) in [6.45, 7) is 9.94. The fraction of sp³-hybridized carbons (Fsp3) is 0.650. The third-order valence-corrected chi connectivity index (χ3v) is 4.92. The maximum Gasteiger partial charge on any atom is 0.223 e. The maximum absolute atomic E-state index is 12.4. The van der Waals surface area contributed by atoms with Gasteiger partial charge in [0, 0.05) is 26.1 Å². The molecule has 1 aromatic carbocycles. The van der Waals surface area contributed by atoms with Crippen molar-refractivity contribution in [3.63, 3.8) is 0 Å². The molecule has 1 aromatic rings. The Morgan fingerprint density at radius 3 is 2.42 bits per heavy atom. The van der Waals surface area contributed by atoms with Crippen molar-refractivity contribution >= 4 is 5.91 Å². The summed E-state index contributed by atoms with van der Waals surface area (Å²) in [6.07, 6.45) is 1.91. The van der Waals surface area contributed by atoms with Gasteiger partial charge in [-0.15, -0.1) is 0 Å². The van der Waals surface area contributed by atoms with Gasteiger partial charge in [0.05, 0.1) is 6.10 Å². The van der Waals surface area contributed by atoms with E-state index in [2.05, 4.69) is 55.3 Å². The Morgan fingerprint density at radius 1 is 1.25 bits per heavy atom. The molecule has 0 aromatic heterocycles. The Hall–Kier alpha value is -1.39. The first kappa shape index (κ1) is 18.9. The van der Waals surface area contributed by atoms with E-state index in [0.29, 0.717) is 6.54 Å². The minimum absolute atomic E-state index is 0.0288. The number of carbonyl (C=O) groups is 1. The van der Waals surface area contributed by atoms with Crippen molar-refractivity contribution in [2.45, 2.75) is 46.3 Å². The van der Waals surface area contributed by atoms with Crippen LogP contribution in [0.25, 0.3) is 0 Å². The zero-order valence-electron chi connectivity index (χ0n) is 15.5. The summed E-state index contributed by atoms with van der Waals surface area (Å²) in [6, 6.07) is 10.5. The van der Waals surface area contributed by atoms with Crippen molar-refractivity contribution in [1.82, 2.24) is 10.2 Å². The highest BCUT2D eigenvalue weighted by molar-refractivity contribution is 5.78. The van der Waals surface area contributed by atoms with Gasteiger partial charge < -0.3 is 10.1 Å². The van der Waals surface area contributed by atoms with Gasteiger partial charge in [0.1, 0.15) is 0 Å². The van der Waals surface area contributed by atoms with Crippen LogP contribution in [0, 0.1) is 11.3 Å². The molecule has 1 fully saturated rings. The van der Waals surface area contributed by atoms with E-state index in [1.54, 1.807) is 7.11 Å². The maximum atomic E-state index is 12.4. The summed E-state index contributed by atoms with van der Waals surface area (Å²) in [4.78, 5) is 14.9. The van der Waals surface area contributed by atoms with Crippen LogP contribution in [0.5, 0.6) is 0 Å². The molecule has 4 nitrogen and oxygen atoms in total. The predicted octanol–water partition coefficient (Wildman–Crippen LogP) is 3.08. The van der Waals surface area contributed by atoms with Crippen LogP contribution < -0.4 is 5.32 Å². The molecule has 2 rings (SSSR count). The van der Waals surface area contributed by atoms with Crippen LogP contribution in [-0.4, -0.2) is 43.7 Å². The molecule has 4 heteroatoms. The smallest absolute Gasteiger partial charge is 0.223 e. The van der Waals surface area contributed by atoms with Gasteiger partial charge in [0.2, 0.25) is 5.91 Å². The number of amides is 1. The van der Waals surface area contributed by atoms with Gasteiger partial charge in [-0.2, -0.15) is 0 Å². The van der Waals surface area contributed by atoms with Crippen LogP contribution in [0.2, 0.25) is 0 Å². The molecule has 1 unspecified atom stereocenters. The van der Waals surface area contributed by atoms with Crippen LogP contribution in [-0.2, 0) is 16.1 Å². The summed E-state index contributed by atoms with van der Waals surface area (Å²) in [5, 5.41) is 3.09. The number of ether oxygens (including phenoxy) is 1. The van der Waals surface area contributed by atoms with Gasteiger partial charge in [-0.25, -0.2) is 0 Å². The van der Waals surface area contributed by atoms with Crippen molar-refractivity contribution < 1.29 is 9.53 Å². The van der Waals surface area contributed by atoms with Crippen molar-refractivity contribution in [1.29, 1.82) is 0 Å². The number of nitrogens with zero attached hydrogens (tertiary/aromatic N) is 1. The van der Waals surface area contributed by atoms with Gasteiger partial charge in [0.25, 0.3) is 0 Å². The second-order valence-electron chi connectivity index (χ2n) is 7.87. The van der Waals surface area contributed by atoms with Crippen LogP contribution in [0.3, 0.4) is 0 Å². The van der Waals surface area contributed by atoms with E-state index < -0.39 is 0 Å². The van der Waals surface area contributed by atoms with Gasteiger partial charge in [-0.1, -0.05) is 51.1 Å². The fourth-order valence-corrected chi connectivity index (χ4v) is 3.28. The quantitative estimate of drug-likeness (QED) is 0.870. The summed E-state index contributed by atoms with van der Waals surface area (Å²) in [5.41, 5.74) is 1.37. The molecule has 1 N–H and O–H groups in total. The summed E-state index contributed by atoms with van der Waals surface area (Å²) < 4.78 is 5.51. The molecule has 1 atom stereocenters. The highest BCUT2D eigenvalue weighted by Crippen LogP contribution is 2.22. The summed E-state index contributed by atoms with van der Waals surface area (Å²) >= 11 is 0. The van der Waals surface area contributed by atoms with Gasteiger partial charge in [-0.05, 0) is 36.9 Å². The minimum atomic E-state index is 0.0288. The Bertz CT molecular complexity index is 502. The fourth-order valence-electron chi connectivity index (χ4n) is 3.28. The molecule has 134 valence electrons. The van der Waals surface area contributed by atoms with Crippen LogP contribution in [0.1, 0.15) is 39.2 Å². The highest BCUT2D eigenvalue weighted by atomic mass is 16.5. The Morgan fingerprint density at radius 2 is 1.88 bits per heavy atom. The minimum Gasteiger partial charge on any atom is -0.379 e. The number of carbonyl (C=O) groups excluding carboxylic acids is 1. The summed E-state index contributed by atoms with van der Waals surface area (Å²) in [7, 11) is 1.71. The lowest BCUT2D eigenvalue weighted by atomic mass is 9.88. The van der Waals surface area contributed by atoms with Crippen LogP contribution in [0.15, 0.2) is 30.3 Å². The van der Waals surface area contributed by atoms with Crippen molar-refractivity contribution in [3.05, 3.63) is 35.9 Å². The summed E-state index contributed by atoms with van der Waals surface area (Å²) in [5.74, 6) is 0.315. The molecular formula is C20H32N2O2. The topological polar surface area (TPSA) is 41.6 Å². The van der Waals surface area contributed by atoms with E-state index in [9.17, 15) is 4.79 Å². The first-order chi connectivity index (χ1) is 11.4. The third-order valence-electron chi connectivity index (χ3n) is 4.92. The second-order valence-corrected chi connectivity index (χ2v) is 7.87. The molecule has 0 saturated carbocycles. The van der Waals surface area contributed by atoms with Crippen molar-refractivity contribution in [2.75, 3.05) is 26.7 Å². The number of benzene rings is 1. The number of methoxy groups -OCH3 is 1. The Balaban J connectivity index is 1.74. The lowest BCUT2D eigenvalue weighted by Gasteiger charge is -2.33. The lowest BCUT2D eigenvalue weighted by molar-refractivity contribution is -0.127. The number of nitrogens with one attached hydrogen (secondary N) is 1. The molecule has 1 aliphatic rings. The number of hydrogen-bond donors (Lipinski definition) is 1. The third kappa shape index (κ3) is 5.60. The van der Waals surface area contributed by atoms with Crippen LogP contribution >= 0.6 is 0 Å². The highest BCUT2D eigenvalue weighted by Gasteiger charge is 2.28. The molecule has 1 saturated heterocycles. The molecule has 1 amide bonds. The average Bonchev–Trinajstić information content (AvgIpc) is 2.55. The Kier molecular flexibility index (Phi) is 6.81. The van der Waals surface area contributed by atoms with Crippen LogP contribution in [0.4, 0.5) is 0 Å². The average molecular weight is 332 g/mol. The van der Waals surface area contributed by atoms with E-state index in [4.69, 9.17) is 4.74 Å². The number of hydrogen-bond acceptors (Lipinski definition) is 3. The largest absolute Gasteiger partial charge is 0.379 e. The van der Waals surface area contributed by atoms with Crippen molar-refractivity contribution in [3.8, 4) is 0 Å². The molecule has 0 radical (unpaired) electrons. The second kappa shape index (κ2) is 8.63. The van der Waals surface area contributed by atoms with E-state index >= 15 is 0 Å². The van der Waals surface area contributed by atoms with E-state index in [1.165, 1.54) is 5.56 Å². The standard InChI is InChI=1S/C20H32N2O2/c1-20(2,3)18(24-4)14-21-19(23)17-10-12-22(13-11-17)15-16-8-6-5-7-9-16/h5-9,17-18H,10-15H2,1-4H3,(H,21,23). The molecular weight excluding hydrogens is 300 g/mol. The Labute approximate surface area is 146 Å². The SMILES string of the molecule is COC(CNC(=O)C1CCN(Cc2ccccc2)CC1)C(C)(C)C. The van der Waals surface area contributed by atoms with E-state index in [0.717, 1.165) is 32.5 Å². The first-order valence-electron chi connectivity index (χ1n) is 8.97. The normalized spacial score (nSPS) is 18.3. The molecule has 1 heterocycles.